The lowest BCUT2D eigenvalue weighted by Gasteiger charge is -2.09. The molecule has 0 aliphatic rings. The van der Waals surface area contributed by atoms with Crippen LogP contribution in [0.5, 0.6) is 5.75 Å². The first-order valence-corrected chi connectivity index (χ1v) is 6.80. The van der Waals surface area contributed by atoms with Gasteiger partial charge in [0.1, 0.15) is 23.2 Å². The van der Waals surface area contributed by atoms with E-state index in [-0.39, 0.29) is 17.4 Å². The van der Waals surface area contributed by atoms with Crippen LogP contribution < -0.4 is 10.5 Å². The summed E-state index contributed by atoms with van der Waals surface area (Å²) in [4.78, 5) is 0.211. The Bertz CT molecular complexity index is 664. The lowest BCUT2D eigenvalue weighted by atomic mass is 10.2. The van der Waals surface area contributed by atoms with E-state index >= 15 is 0 Å². The SMILES string of the molecule is NC(=S)c1ccc(OCc2cc(Cl)ccc2F)cc1Cl. The van der Waals surface area contributed by atoms with E-state index < -0.39 is 0 Å². The smallest absolute Gasteiger partial charge is 0.129 e. The van der Waals surface area contributed by atoms with E-state index in [0.29, 0.717) is 26.9 Å². The highest BCUT2D eigenvalue weighted by atomic mass is 35.5. The van der Waals surface area contributed by atoms with E-state index in [1.54, 1.807) is 18.2 Å². The van der Waals surface area contributed by atoms with Crippen LogP contribution in [0.1, 0.15) is 11.1 Å². The first-order chi connectivity index (χ1) is 9.47. The van der Waals surface area contributed by atoms with Crippen molar-refractivity contribution < 1.29 is 9.13 Å². The number of thiocarbonyl (C=S) groups is 1. The molecule has 2 nitrogen and oxygen atoms in total. The fraction of sp³-hybridized carbons (Fsp3) is 0.0714. The fourth-order valence-electron chi connectivity index (χ4n) is 1.60. The van der Waals surface area contributed by atoms with E-state index in [1.165, 1.54) is 18.2 Å². The summed E-state index contributed by atoms with van der Waals surface area (Å²) in [5, 5.41) is 0.841. The Hall–Kier alpha value is -1.36. The zero-order chi connectivity index (χ0) is 14.7. The lowest BCUT2D eigenvalue weighted by Crippen LogP contribution is -2.10. The van der Waals surface area contributed by atoms with Gasteiger partial charge in [0.25, 0.3) is 0 Å². The lowest BCUT2D eigenvalue weighted by molar-refractivity contribution is 0.300. The summed E-state index contributed by atoms with van der Waals surface area (Å²) in [6.07, 6.45) is 0. The van der Waals surface area contributed by atoms with E-state index in [9.17, 15) is 4.39 Å². The Morgan fingerprint density at radius 1 is 1.20 bits per heavy atom. The Balaban J connectivity index is 2.13. The van der Waals surface area contributed by atoms with Crippen molar-refractivity contribution >= 4 is 40.4 Å². The average Bonchev–Trinajstić information content (AvgIpc) is 2.39. The molecule has 0 amide bonds. The van der Waals surface area contributed by atoms with Gasteiger partial charge in [-0.2, -0.15) is 0 Å². The minimum absolute atomic E-state index is 0.0507. The van der Waals surface area contributed by atoms with E-state index in [4.69, 9.17) is 45.9 Å². The highest BCUT2D eigenvalue weighted by molar-refractivity contribution is 7.80. The van der Waals surface area contributed by atoms with Crippen LogP contribution in [0.25, 0.3) is 0 Å². The van der Waals surface area contributed by atoms with Crippen LogP contribution in [0.15, 0.2) is 36.4 Å². The molecule has 2 aromatic carbocycles. The van der Waals surface area contributed by atoms with Crippen molar-refractivity contribution in [2.75, 3.05) is 0 Å². The largest absolute Gasteiger partial charge is 0.489 e. The number of benzene rings is 2. The van der Waals surface area contributed by atoms with Crippen LogP contribution in [0.4, 0.5) is 4.39 Å². The average molecular weight is 330 g/mol. The molecule has 0 radical (unpaired) electrons. The summed E-state index contributed by atoms with van der Waals surface area (Å²) in [6, 6.07) is 9.20. The van der Waals surface area contributed by atoms with Crippen molar-refractivity contribution in [3.8, 4) is 5.75 Å². The van der Waals surface area contributed by atoms with Gasteiger partial charge in [0.05, 0.1) is 5.02 Å². The van der Waals surface area contributed by atoms with Gasteiger partial charge >= 0.3 is 0 Å². The molecule has 0 saturated heterocycles. The molecule has 0 aliphatic carbocycles. The molecule has 6 heteroatoms. The van der Waals surface area contributed by atoms with Gasteiger partial charge < -0.3 is 10.5 Å². The maximum atomic E-state index is 13.5. The van der Waals surface area contributed by atoms with Crippen molar-refractivity contribution in [3.05, 3.63) is 63.4 Å². The van der Waals surface area contributed by atoms with Crippen LogP contribution in [-0.2, 0) is 6.61 Å². The van der Waals surface area contributed by atoms with Crippen molar-refractivity contribution in [1.29, 1.82) is 0 Å². The van der Waals surface area contributed by atoms with Crippen LogP contribution in [0.3, 0.4) is 0 Å². The first-order valence-electron chi connectivity index (χ1n) is 5.63. The number of hydrogen-bond acceptors (Lipinski definition) is 2. The highest BCUT2D eigenvalue weighted by Crippen LogP contribution is 2.24. The summed E-state index contributed by atoms with van der Waals surface area (Å²) < 4.78 is 19.0. The second kappa shape index (κ2) is 6.39. The van der Waals surface area contributed by atoms with E-state index in [0.717, 1.165) is 0 Å². The predicted octanol–water partition coefficient (Wildman–Crippen LogP) is 4.35. The van der Waals surface area contributed by atoms with Gasteiger partial charge in [-0.3, -0.25) is 0 Å². The Labute approximate surface area is 131 Å². The Morgan fingerprint density at radius 3 is 2.60 bits per heavy atom. The number of nitrogens with two attached hydrogens (primary N) is 1. The van der Waals surface area contributed by atoms with E-state index in [1.807, 2.05) is 0 Å². The Kier molecular flexibility index (Phi) is 4.81. The van der Waals surface area contributed by atoms with Crippen molar-refractivity contribution in [2.24, 2.45) is 5.73 Å². The summed E-state index contributed by atoms with van der Waals surface area (Å²) in [5.41, 5.74) is 6.45. The van der Waals surface area contributed by atoms with Gasteiger partial charge in [-0.05, 0) is 36.4 Å². The first kappa shape index (κ1) is 15.0. The van der Waals surface area contributed by atoms with Gasteiger partial charge in [0.15, 0.2) is 0 Å². The molecule has 0 unspecified atom stereocenters. The summed E-state index contributed by atoms with van der Waals surface area (Å²) in [7, 11) is 0. The molecular formula is C14H10Cl2FNOS. The third-order valence-corrected chi connectivity index (χ3v) is 3.38. The second-order valence-corrected chi connectivity index (χ2v) is 5.31. The van der Waals surface area contributed by atoms with Gasteiger partial charge in [-0.1, -0.05) is 35.4 Å². The number of halogens is 3. The molecule has 0 heterocycles. The molecule has 104 valence electrons. The molecule has 0 atom stereocenters. The summed E-state index contributed by atoms with van der Waals surface area (Å²) in [6.45, 7) is 0.0507. The van der Waals surface area contributed by atoms with Gasteiger partial charge in [-0.15, -0.1) is 0 Å². The molecule has 20 heavy (non-hydrogen) atoms. The number of rotatable bonds is 4. The van der Waals surface area contributed by atoms with Crippen molar-refractivity contribution in [1.82, 2.24) is 0 Å². The maximum absolute atomic E-state index is 13.5. The molecule has 0 bridgehead atoms. The third kappa shape index (κ3) is 3.60. The highest BCUT2D eigenvalue weighted by Gasteiger charge is 2.07. The van der Waals surface area contributed by atoms with Crippen LogP contribution in [0, 0.1) is 5.82 Å². The van der Waals surface area contributed by atoms with Gasteiger partial charge in [-0.25, -0.2) is 4.39 Å². The minimum Gasteiger partial charge on any atom is -0.489 e. The maximum Gasteiger partial charge on any atom is 0.129 e. The quantitative estimate of drug-likeness (QED) is 0.847. The Morgan fingerprint density at radius 2 is 1.95 bits per heavy atom. The molecule has 2 N–H and O–H groups in total. The summed E-state index contributed by atoms with van der Waals surface area (Å²) >= 11 is 16.7. The van der Waals surface area contributed by atoms with E-state index in [2.05, 4.69) is 0 Å². The molecule has 2 rings (SSSR count). The van der Waals surface area contributed by atoms with Gasteiger partial charge in [0, 0.05) is 16.1 Å². The molecule has 0 saturated carbocycles. The summed E-state index contributed by atoms with van der Waals surface area (Å²) in [5.74, 6) is 0.120. The van der Waals surface area contributed by atoms with Crippen LogP contribution in [0.2, 0.25) is 10.0 Å². The third-order valence-electron chi connectivity index (χ3n) is 2.61. The molecule has 0 aromatic heterocycles. The fourth-order valence-corrected chi connectivity index (χ4v) is 2.30. The minimum atomic E-state index is -0.375. The number of hydrogen-bond donors (Lipinski definition) is 1. The predicted molar refractivity (Wildman–Crippen MR) is 83.1 cm³/mol. The van der Waals surface area contributed by atoms with Crippen LogP contribution >= 0.6 is 35.4 Å². The molecule has 0 fully saturated rings. The van der Waals surface area contributed by atoms with Crippen molar-refractivity contribution in [2.45, 2.75) is 6.61 Å². The molecule has 0 aliphatic heterocycles. The van der Waals surface area contributed by atoms with Crippen molar-refractivity contribution in [3.63, 3.8) is 0 Å². The zero-order valence-electron chi connectivity index (χ0n) is 10.2. The molecule has 2 aromatic rings. The molecular weight excluding hydrogens is 320 g/mol. The topological polar surface area (TPSA) is 35.2 Å². The normalized spacial score (nSPS) is 10.3. The number of ether oxygens (including phenoxy) is 1. The monoisotopic (exact) mass is 329 g/mol. The second-order valence-electron chi connectivity index (χ2n) is 4.03. The molecule has 0 spiro atoms. The van der Waals surface area contributed by atoms with Gasteiger partial charge in [0.2, 0.25) is 0 Å². The van der Waals surface area contributed by atoms with Crippen LogP contribution in [-0.4, -0.2) is 4.99 Å². The standard InChI is InChI=1S/C14H10Cl2FNOS/c15-9-1-4-13(17)8(5-9)7-19-10-2-3-11(14(18)20)12(16)6-10/h1-6H,7H2,(H2,18,20). The zero-order valence-corrected chi connectivity index (χ0v) is 12.5.